The molecule has 0 aliphatic carbocycles. The van der Waals surface area contributed by atoms with Gasteiger partial charge in [0.2, 0.25) is 0 Å². The highest BCUT2D eigenvalue weighted by molar-refractivity contribution is 5.43. The topological polar surface area (TPSA) is 44.5 Å². The van der Waals surface area contributed by atoms with Crippen LogP contribution >= 0.6 is 0 Å². The van der Waals surface area contributed by atoms with Crippen LogP contribution in [0.2, 0.25) is 0 Å². The Morgan fingerprint density at radius 3 is 2.43 bits per heavy atom. The average Bonchev–Trinajstić information content (AvgIpc) is 2.53. The van der Waals surface area contributed by atoms with Crippen LogP contribution in [0.1, 0.15) is 17.5 Å². The van der Waals surface area contributed by atoms with Crippen LogP contribution in [0.4, 0.5) is 0 Å². The zero-order valence-corrected chi connectivity index (χ0v) is 12.5. The fourth-order valence-electron chi connectivity index (χ4n) is 2.26. The second-order valence-corrected chi connectivity index (χ2v) is 4.96. The van der Waals surface area contributed by atoms with Crippen molar-refractivity contribution < 1.29 is 9.47 Å². The second-order valence-electron chi connectivity index (χ2n) is 4.96. The van der Waals surface area contributed by atoms with E-state index < -0.39 is 0 Å². The van der Waals surface area contributed by atoms with Gasteiger partial charge in [-0.1, -0.05) is 36.4 Å². The molecule has 2 N–H and O–H groups in total. The third-order valence-corrected chi connectivity index (χ3v) is 3.37. The SMILES string of the molecule is COc1ccc(CCN)cc1OCCCc1ccccc1. The minimum Gasteiger partial charge on any atom is -0.493 e. The van der Waals surface area contributed by atoms with E-state index in [1.165, 1.54) is 11.1 Å². The smallest absolute Gasteiger partial charge is 0.161 e. The Hall–Kier alpha value is -2.00. The van der Waals surface area contributed by atoms with E-state index in [0.717, 1.165) is 30.8 Å². The minimum absolute atomic E-state index is 0.639. The summed E-state index contributed by atoms with van der Waals surface area (Å²) in [4.78, 5) is 0. The van der Waals surface area contributed by atoms with Crippen molar-refractivity contribution in [2.24, 2.45) is 5.73 Å². The number of hydrogen-bond donors (Lipinski definition) is 1. The van der Waals surface area contributed by atoms with Gasteiger partial charge in [0.15, 0.2) is 11.5 Å². The number of methoxy groups -OCH3 is 1. The lowest BCUT2D eigenvalue weighted by molar-refractivity contribution is 0.289. The van der Waals surface area contributed by atoms with Gasteiger partial charge >= 0.3 is 0 Å². The zero-order valence-electron chi connectivity index (χ0n) is 12.5. The van der Waals surface area contributed by atoms with E-state index in [2.05, 4.69) is 24.3 Å². The quantitative estimate of drug-likeness (QED) is 0.757. The molecule has 0 saturated carbocycles. The van der Waals surface area contributed by atoms with Crippen LogP contribution < -0.4 is 15.2 Å². The molecule has 3 heteroatoms. The summed E-state index contributed by atoms with van der Waals surface area (Å²) in [6.07, 6.45) is 2.85. The van der Waals surface area contributed by atoms with E-state index in [1.807, 2.05) is 24.3 Å². The van der Waals surface area contributed by atoms with E-state index in [0.29, 0.717) is 13.2 Å². The summed E-state index contributed by atoms with van der Waals surface area (Å²) in [5.74, 6) is 1.58. The molecule has 0 amide bonds. The molecule has 2 rings (SSSR count). The third-order valence-electron chi connectivity index (χ3n) is 3.37. The van der Waals surface area contributed by atoms with Crippen LogP contribution in [0.15, 0.2) is 48.5 Å². The summed E-state index contributed by atoms with van der Waals surface area (Å²) < 4.78 is 11.2. The normalized spacial score (nSPS) is 10.4. The molecule has 0 unspecified atom stereocenters. The Kier molecular flexibility index (Phi) is 6.10. The molecule has 3 nitrogen and oxygen atoms in total. The average molecular weight is 285 g/mol. The molecular weight excluding hydrogens is 262 g/mol. The van der Waals surface area contributed by atoms with Crippen molar-refractivity contribution in [3.8, 4) is 11.5 Å². The van der Waals surface area contributed by atoms with Crippen molar-refractivity contribution >= 4 is 0 Å². The van der Waals surface area contributed by atoms with Gasteiger partial charge in [0.05, 0.1) is 13.7 Å². The Morgan fingerprint density at radius 2 is 1.71 bits per heavy atom. The van der Waals surface area contributed by atoms with Crippen molar-refractivity contribution in [2.45, 2.75) is 19.3 Å². The van der Waals surface area contributed by atoms with Crippen LogP contribution in [0, 0.1) is 0 Å². The fraction of sp³-hybridized carbons (Fsp3) is 0.333. The summed E-state index contributed by atoms with van der Waals surface area (Å²) in [7, 11) is 1.66. The summed E-state index contributed by atoms with van der Waals surface area (Å²) in [6, 6.07) is 16.4. The van der Waals surface area contributed by atoms with Crippen molar-refractivity contribution in [1.29, 1.82) is 0 Å². The summed E-state index contributed by atoms with van der Waals surface area (Å²) in [5, 5.41) is 0. The Bertz CT molecular complexity index is 540. The van der Waals surface area contributed by atoms with Crippen LogP contribution in [0.3, 0.4) is 0 Å². The molecular formula is C18H23NO2. The van der Waals surface area contributed by atoms with Gasteiger partial charge in [-0.2, -0.15) is 0 Å². The molecule has 0 aromatic heterocycles. The third kappa shape index (κ3) is 4.80. The minimum atomic E-state index is 0.639. The predicted octanol–water partition coefficient (Wildman–Crippen LogP) is 3.21. The van der Waals surface area contributed by atoms with Crippen LogP contribution in [-0.2, 0) is 12.8 Å². The Balaban J connectivity index is 1.88. The highest BCUT2D eigenvalue weighted by Gasteiger charge is 2.05. The van der Waals surface area contributed by atoms with E-state index in [1.54, 1.807) is 7.11 Å². The van der Waals surface area contributed by atoms with Gasteiger partial charge < -0.3 is 15.2 Å². The first-order valence-corrected chi connectivity index (χ1v) is 7.37. The van der Waals surface area contributed by atoms with Gasteiger partial charge in [-0.05, 0) is 49.1 Å². The van der Waals surface area contributed by atoms with E-state index in [9.17, 15) is 0 Å². The lowest BCUT2D eigenvalue weighted by Gasteiger charge is -2.12. The number of aryl methyl sites for hydroxylation is 1. The molecule has 2 aromatic carbocycles. The molecule has 0 radical (unpaired) electrons. The van der Waals surface area contributed by atoms with Gasteiger partial charge in [0.1, 0.15) is 0 Å². The molecule has 0 atom stereocenters. The molecule has 0 aliphatic rings. The number of ether oxygens (including phenoxy) is 2. The predicted molar refractivity (Wildman–Crippen MR) is 86.0 cm³/mol. The molecule has 0 bridgehead atoms. The van der Waals surface area contributed by atoms with Crippen LogP contribution in [0.25, 0.3) is 0 Å². The molecule has 0 spiro atoms. The Morgan fingerprint density at radius 1 is 0.905 bits per heavy atom. The lowest BCUT2D eigenvalue weighted by atomic mass is 10.1. The second kappa shape index (κ2) is 8.32. The fourth-order valence-corrected chi connectivity index (χ4v) is 2.26. The monoisotopic (exact) mass is 285 g/mol. The summed E-state index contributed by atoms with van der Waals surface area (Å²) in [5.41, 5.74) is 8.11. The molecule has 112 valence electrons. The van der Waals surface area contributed by atoms with Gasteiger partial charge in [0.25, 0.3) is 0 Å². The summed E-state index contributed by atoms with van der Waals surface area (Å²) >= 11 is 0. The first kappa shape index (κ1) is 15.4. The molecule has 21 heavy (non-hydrogen) atoms. The maximum Gasteiger partial charge on any atom is 0.161 e. The van der Waals surface area contributed by atoms with E-state index in [-0.39, 0.29) is 0 Å². The first-order chi connectivity index (χ1) is 10.3. The van der Waals surface area contributed by atoms with Crippen molar-refractivity contribution in [3.05, 3.63) is 59.7 Å². The molecule has 0 aliphatic heterocycles. The van der Waals surface area contributed by atoms with Gasteiger partial charge in [-0.25, -0.2) is 0 Å². The number of rotatable bonds is 8. The van der Waals surface area contributed by atoms with Crippen LogP contribution in [0.5, 0.6) is 11.5 Å². The standard InChI is InChI=1S/C18H23NO2/c1-20-17-10-9-16(11-12-19)14-18(17)21-13-5-8-15-6-3-2-4-7-15/h2-4,6-7,9-10,14H,5,8,11-13,19H2,1H3. The molecule has 0 heterocycles. The molecule has 2 aromatic rings. The molecule has 0 saturated heterocycles. The summed E-state index contributed by atoms with van der Waals surface area (Å²) in [6.45, 7) is 1.32. The largest absolute Gasteiger partial charge is 0.493 e. The van der Waals surface area contributed by atoms with Crippen LogP contribution in [-0.4, -0.2) is 20.3 Å². The lowest BCUT2D eigenvalue weighted by Crippen LogP contribution is -2.04. The van der Waals surface area contributed by atoms with Crippen molar-refractivity contribution in [2.75, 3.05) is 20.3 Å². The number of nitrogens with two attached hydrogens (primary N) is 1. The van der Waals surface area contributed by atoms with Gasteiger partial charge in [-0.3, -0.25) is 0 Å². The van der Waals surface area contributed by atoms with E-state index >= 15 is 0 Å². The van der Waals surface area contributed by atoms with E-state index in [4.69, 9.17) is 15.2 Å². The first-order valence-electron chi connectivity index (χ1n) is 7.37. The van der Waals surface area contributed by atoms with Crippen molar-refractivity contribution in [1.82, 2.24) is 0 Å². The Labute approximate surface area is 126 Å². The number of benzene rings is 2. The highest BCUT2D eigenvalue weighted by Crippen LogP contribution is 2.28. The van der Waals surface area contributed by atoms with Crippen molar-refractivity contribution in [3.63, 3.8) is 0 Å². The highest BCUT2D eigenvalue weighted by atomic mass is 16.5. The maximum absolute atomic E-state index is 5.87. The molecule has 0 fully saturated rings. The zero-order chi connectivity index (χ0) is 14.9. The van der Waals surface area contributed by atoms with Gasteiger partial charge in [-0.15, -0.1) is 0 Å². The van der Waals surface area contributed by atoms with Gasteiger partial charge in [0, 0.05) is 0 Å². The maximum atomic E-state index is 5.87. The number of hydrogen-bond acceptors (Lipinski definition) is 3.